The molecule has 0 rings (SSSR count). The van der Waals surface area contributed by atoms with Gasteiger partial charge in [0.1, 0.15) is 0 Å². The highest BCUT2D eigenvalue weighted by atomic mass is 16.4. The molecule has 62 valence electrons. The van der Waals surface area contributed by atoms with Crippen molar-refractivity contribution >= 4 is 11.8 Å². The van der Waals surface area contributed by atoms with E-state index >= 15 is 0 Å². The van der Waals surface area contributed by atoms with Crippen molar-refractivity contribution in [3.05, 3.63) is 11.6 Å². The minimum absolute atomic E-state index is 0.00676. The summed E-state index contributed by atoms with van der Waals surface area (Å²) in [4.78, 5) is 21.0. The number of ketones is 1. The number of carboxylic acid groups (broad SMARTS) is 1. The molecule has 0 amide bonds. The van der Waals surface area contributed by atoms with Gasteiger partial charge in [-0.1, -0.05) is 0 Å². The molecular formula is C7H11NO3. The first-order valence-electron chi connectivity index (χ1n) is 3.16. The number of carbonyl (C=O) groups excluding carboxylic acids is 1. The molecule has 4 nitrogen and oxygen atoms in total. The first-order valence-corrected chi connectivity index (χ1v) is 3.16. The Kier molecular flexibility index (Phi) is 3.47. The molecule has 3 N–H and O–H groups in total. The van der Waals surface area contributed by atoms with E-state index in [0.717, 1.165) is 6.08 Å². The number of rotatable bonds is 3. The second-order valence-corrected chi connectivity index (χ2v) is 2.32. The predicted octanol–water partition coefficient (Wildman–Crippen LogP) is -0.0664. The molecule has 4 heteroatoms. The number of hydrogen-bond donors (Lipinski definition) is 2. The predicted molar refractivity (Wildman–Crippen MR) is 40.0 cm³/mol. The molecule has 0 aromatic heterocycles. The molecule has 0 spiro atoms. The summed E-state index contributed by atoms with van der Waals surface area (Å²) >= 11 is 0. The van der Waals surface area contributed by atoms with Crippen LogP contribution in [0.25, 0.3) is 0 Å². The van der Waals surface area contributed by atoms with Crippen LogP contribution in [-0.2, 0) is 9.59 Å². The van der Waals surface area contributed by atoms with Crippen LogP contribution < -0.4 is 5.73 Å². The van der Waals surface area contributed by atoms with Crippen molar-refractivity contribution in [2.24, 2.45) is 5.73 Å². The molecule has 0 saturated carbocycles. The molecule has 1 unspecified atom stereocenters. The van der Waals surface area contributed by atoms with Crippen LogP contribution in [-0.4, -0.2) is 22.9 Å². The molecule has 0 fully saturated rings. The lowest BCUT2D eigenvalue weighted by Crippen LogP contribution is -2.25. The lowest BCUT2D eigenvalue weighted by atomic mass is 10.1. The molecule has 0 aliphatic carbocycles. The van der Waals surface area contributed by atoms with E-state index in [2.05, 4.69) is 0 Å². The summed E-state index contributed by atoms with van der Waals surface area (Å²) < 4.78 is 0. The van der Waals surface area contributed by atoms with Gasteiger partial charge in [-0.05, 0) is 19.9 Å². The van der Waals surface area contributed by atoms with Crippen molar-refractivity contribution in [2.75, 3.05) is 0 Å². The summed E-state index contributed by atoms with van der Waals surface area (Å²) in [5.41, 5.74) is 5.20. The Morgan fingerprint density at radius 1 is 1.55 bits per heavy atom. The zero-order valence-corrected chi connectivity index (χ0v) is 6.50. The Labute approximate surface area is 64.7 Å². The topological polar surface area (TPSA) is 80.4 Å². The first-order chi connectivity index (χ1) is 4.95. The van der Waals surface area contributed by atoms with Crippen LogP contribution in [0.5, 0.6) is 0 Å². The average molecular weight is 157 g/mol. The number of carbonyl (C=O) groups is 2. The van der Waals surface area contributed by atoms with Gasteiger partial charge in [-0.3, -0.25) is 4.79 Å². The second-order valence-electron chi connectivity index (χ2n) is 2.32. The van der Waals surface area contributed by atoms with E-state index in [4.69, 9.17) is 10.8 Å². The molecule has 11 heavy (non-hydrogen) atoms. The normalized spacial score (nSPS) is 14.3. The van der Waals surface area contributed by atoms with Gasteiger partial charge in [0, 0.05) is 5.57 Å². The van der Waals surface area contributed by atoms with Crippen molar-refractivity contribution in [2.45, 2.75) is 19.9 Å². The van der Waals surface area contributed by atoms with Crippen molar-refractivity contribution in [3.63, 3.8) is 0 Å². The largest absolute Gasteiger partial charge is 0.478 e. The summed E-state index contributed by atoms with van der Waals surface area (Å²) in [6.07, 6.45) is 1.03. The number of aliphatic carboxylic acids is 1. The Morgan fingerprint density at radius 2 is 2.00 bits per heavy atom. The summed E-state index contributed by atoms with van der Waals surface area (Å²) in [7, 11) is 0. The maximum Gasteiger partial charge on any atom is 0.331 e. The summed E-state index contributed by atoms with van der Waals surface area (Å²) in [5, 5.41) is 8.35. The summed E-state index contributed by atoms with van der Waals surface area (Å²) in [5.74, 6) is -1.47. The molecule has 1 atom stereocenters. The summed E-state index contributed by atoms with van der Waals surface area (Å²) in [6.45, 7) is 2.86. The van der Waals surface area contributed by atoms with Gasteiger partial charge in [0.15, 0.2) is 5.78 Å². The third kappa shape index (κ3) is 3.52. The van der Waals surface area contributed by atoms with Crippen LogP contribution >= 0.6 is 0 Å². The lowest BCUT2D eigenvalue weighted by molar-refractivity contribution is -0.132. The third-order valence-corrected chi connectivity index (χ3v) is 1.14. The number of carboxylic acids is 1. The SMILES string of the molecule is CC(=CC(=O)C(C)N)C(=O)O. The van der Waals surface area contributed by atoms with Crippen molar-refractivity contribution in [1.82, 2.24) is 0 Å². The van der Waals surface area contributed by atoms with Crippen molar-refractivity contribution in [1.29, 1.82) is 0 Å². The minimum atomic E-state index is -1.10. The molecule has 0 saturated heterocycles. The molecule has 0 aliphatic rings. The highest BCUT2D eigenvalue weighted by Gasteiger charge is 2.07. The number of hydrogen-bond acceptors (Lipinski definition) is 3. The van der Waals surface area contributed by atoms with Crippen LogP contribution in [0.15, 0.2) is 11.6 Å². The zero-order chi connectivity index (χ0) is 9.02. The lowest BCUT2D eigenvalue weighted by Gasteiger charge is -1.97. The fourth-order valence-electron chi connectivity index (χ4n) is 0.407. The Hall–Kier alpha value is -1.16. The van der Waals surface area contributed by atoms with Gasteiger partial charge in [-0.15, -0.1) is 0 Å². The van der Waals surface area contributed by atoms with Gasteiger partial charge >= 0.3 is 5.97 Å². The Balaban J connectivity index is 4.32. The smallest absolute Gasteiger partial charge is 0.331 e. The van der Waals surface area contributed by atoms with Crippen LogP contribution in [0.1, 0.15) is 13.8 Å². The molecule has 0 heterocycles. The zero-order valence-electron chi connectivity index (χ0n) is 6.50. The number of nitrogens with two attached hydrogens (primary N) is 1. The molecule has 0 bridgehead atoms. The monoisotopic (exact) mass is 157 g/mol. The fraction of sp³-hybridized carbons (Fsp3) is 0.429. The molecule has 0 radical (unpaired) electrons. The second kappa shape index (κ2) is 3.88. The standard InChI is InChI=1S/C7H11NO3/c1-4(7(10)11)3-6(9)5(2)8/h3,5H,8H2,1-2H3,(H,10,11). The van der Waals surface area contributed by atoms with Gasteiger partial charge in [0.05, 0.1) is 6.04 Å². The van der Waals surface area contributed by atoms with E-state index in [1.807, 2.05) is 0 Å². The maximum atomic E-state index is 10.8. The molecule has 0 aliphatic heterocycles. The van der Waals surface area contributed by atoms with Crippen LogP contribution in [0.2, 0.25) is 0 Å². The van der Waals surface area contributed by atoms with E-state index in [1.54, 1.807) is 0 Å². The molecule has 0 aromatic carbocycles. The molecular weight excluding hydrogens is 146 g/mol. The quantitative estimate of drug-likeness (QED) is 0.562. The Bertz CT molecular complexity index is 206. The van der Waals surface area contributed by atoms with E-state index < -0.39 is 12.0 Å². The van der Waals surface area contributed by atoms with Crippen molar-refractivity contribution < 1.29 is 14.7 Å². The first kappa shape index (κ1) is 9.84. The third-order valence-electron chi connectivity index (χ3n) is 1.14. The van der Waals surface area contributed by atoms with Gasteiger partial charge in [0.2, 0.25) is 0 Å². The average Bonchev–Trinajstić information content (AvgIpc) is 1.87. The van der Waals surface area contributed by atoms with Crippen molar-refractivity contribution in [3.8, 4) is 0 Å². The van der Waals surface area contributed by atoms with Gasteiger partial charge < -0.3 is 10.8 Å². The minimum Gasteiger partial charge on any atom is -0.478 e. The summed E-state index contributed by atoms with van der Waals surface area (Å²) in [6, 6.07) is -0.635. The van der Waals surface area contributed by atoms with E-state index in [1.165, 1.54) is 13.8 Å². The maximum absolute atomic E-state index is 10.8. The van der Waals surface area contributed by atoms with Crippen LogP contribution in [0, 0.1) is 0 Å². The van der Waals surface area contributed by atoms with E-state index in [0.29, 0.717) is 0 Å². The van der Waals surface area contributed by atoms with E-state index in [9.17, 15) is 9.59 Å². The highest BCUT2D eigenvalue weighted by Crippen LogP contribution is 1.93. The van der Waals surface area contributed by atoms with E-state index in [-0.39, 0.29) is 11.4 Å². The van der Waals surface area contributed by atoms with Crippen LogP contribution in [0.4, 0.5) is 0 Å². The molecule has 0 aromatic rings. The van der Waals surface area contributed by atoms with Gasteiger partial charge in [0.25, 0.3) is 0 Å². The highest BCUT2D eigenvalue weighted by molar-refractivity contribution is 6.00. The van der Waals surface area contributed by atoms with Crippen LogP contribution in [0.3, 0.4) is 0 Å². The van der Waals surface area contributed by atoms with Gasteiger partial charge in [-0.25, -0.2) is 4.79 Å². The fourth-order valence-corrected chi connectivity index (χ4v) is 0.407. The Morgan fingerprint density at radius 3 is 2.27 bits per heavy atom. The van der Waals surface area contributed by atoms with Gasteiger partial charge in [-0.2, -0.15) is 0 Å².